The molecule has 1 unspecified atom stereocenters. The molecule has 0 bridgehead atoms. The predicted octanol–water partition coefficient (Wildman–Crippen LogP) is -0.416. The molecule has 1 atom stereocenters. The van der Waals surface area contributed by atoms with E-state index in [0.29, 0.717) is 0 Å². The van der Waals surface area contributed by atoms with Crippen molar-refractivity contribution >= 4 is 16.3 Å². The molecule has 0 saturated carbocycles. The summed E-state index contributed by atoms with van der Waals surface area (Å²) in [5.41, 5.74) is 0. The zero-order chi connectivity index (χ0) is 12.8. The molecular formula is C8H18N2O5S. The number of aliphatic hydroxyl groups is 1. The Morgan fingerprint density at radius 1 is 1.44 bits per heavy atom. The van der Waals surface area contributed by atoms with E-state index < -0.39 is 22.4 Å². The molecule has 0 aliphatic heterocycles. The number of hydrogen-bond acceptors (Lipinski definition) is 5. The Balaban J connectivity index is 4.11. The van der Waals surface area contributed by atoms with Crippen LogP contribution in [0.5, 0.6) is 0 Å². The fourth-order valence-electron chi connectivity index (χ4n) is 0.737. The molecule has 0 aliphatic carbocycles. The van der Waals surface area contributed by atoms with E-state index in [1.54, 1.807) is 25.5 Å². The van der Waals surface area contributed by atoms with Gasteiger partial charge in [-0.25, -0.2) is 9.52 Å². The van der Waals surface area contributed by atoms with Crippen molar-refractivity contribution < 1.29 is 23.1 Å². The van der Waals surface area contributed by atoms with Crippen LogP contribution in [0.2, 0.25) is 0 Å². The molecule has 0 heterocycles. The molecule has 7 nitrogen and oxygen atoms in total. The van der Waals surface area contributed by atoms with Gasteiger partial charge in [-0.3, -0.25) is 0 Å². The van der Waals surface area contributed by atoms with Crippen molar-refractivity contribution in [2.75, 3.05) is 13.2 Å². The Morgan fingerprint density at radius 3 is 2.44 bits per heavy atom. The quantitative estimate of drug-likeness (QED) is 0.597. The minimum absolute atomic E-state index is 0.0784. The largest absolute Gasteiger partial charge is 0.449 e. The number of carbonyl (C=O) groups excluding carboxylic acids is 1. The second-order valence-corrected chi connectivity index (χ2v) is 4.99. The summed E-state index contributed by atoms with van der Waals surface area (Å²) in [5, 5.41) is 9.36. The van der Waals surface area contributed by atoms with E-state index in [9.17, 15) is 18.3 Å². The zero-order valence-electron chi connectivity index (χ0n) is 9.56. The molecule has 0 saturated heterocycles. The van der Waals surface area contributed by atoms with Gasteiger partial charge in [0.25, 0.3) is 0 Å². The van der Waals surface area contributed by atoms with Crippen molar-refractivity contribution in [3.05, 3.63) is 0 Å². The van der Waals surface area contributed by atoms with Gasteiger partial charge in [-0.1, -0.05) is 13.8 Å². The molecule has 1 amide bonds. The van der Waals surface area contributed by atoms with Crippen LogP contribution in [0, 0.1) is 5.92 Å². The molecule has 3 N–H and O–H groups in total. The topological polar surface area (TPSA) is 105 Å². The summed E-state index contributed by atoms with van der Waals surface area (Å²) in [7, 11) is -3.97. The van der Waals surface area contributed by atoms with Gasteiger partial charge >= 0.3 is 16.3 Å². The molecule has 0 aliphatic rings. The number of amides is 1. The van der Waals surface area contributed by atoms with E-state index in [1.165, 1.54) is 0 Å². The van der Waals surface area contributed by atoms with E-state index >= 15 is 0 Å². The lowest BCUT2D eigenvalue weighted by atomic mass is 10.1. The summed E-state index contributed by atoms with van der Waals surface area (Å²) in [5.74, 6) is -0.0784. The highest BCUT2D eigenvalue weighted by Gasteiger charge is 2.17. The summed E-state index contributed by atoms with van der Waals surface area (Å²) < 4.78 is 30.5. The number of carbonyl (C=O) groups is 1. The standard InChI is InChI=1S/C8H18N2O5S/c1-4-15-8(12)10-16(13,14)9-5-7(11)6(2)3/h6-7,9,11H,4-5H2,1-3H3,(H,10,12). The summed E-state index contributed by atoms with van der Waals surface area (Å²) in [6.07, 6.45) is -1.85. The maximum absolute atomic E-state index is 11.2. The van der Waals surface area contributed by atoms with Crippen LogP contribution in [0.4, 0.5) is 4.79 Å². The summed E-state index contributed by atoms with van der Waals surface area (Å²) >= 11 is 0. The average molecular weight is 254 g/mol. The maximum atomic E-state index is 11.2. The SMILES string of the molecule is CCOC(=O)NS(=O)(=O)NCC(O)C(C)C. The molecule has 0 aromatic rings. The van der Waals surface area contributed by atoms with Gasteiger partial charge in [-0.05, 0) is 12.8 Å². The van der Waals surface area contributed by atoms with Gasteiger partial charge in [0.1, 0.15) is 0 Å². The van der Waals surface area contributed by atoms with Gasteiger partial charge in [0.05, 0.1) is 12.7 Å². The van der Waals surface area contributed by atoms with Gasteiger partial charge in [-0.15, -0.1) is 0 Å². The summed E-state index contributed by atoms with van der Waals surface area (Å²) in [4.78, 5) is 10.8. The van der Waals surface area contributed by atoms with Gasteiger partial charge in [0.15, 0.2) is 0 Å². The molecule has 0 aromatic carbocycles. The van der Waals surface area contributed by atoms with Gasteiger partial charge < -0.3 is 9.84 Å². The molecule has 0 fully saturated rings. The maximum Gasteiger partial charge on any atom is 0.421 e. The van der Waals surface area contributed by atoms with E-state index in [0.717, 1.165) is 0 Å². The Bertz CT molecular complexity index is 314. The Morgan fingerprint density at radius 2 is 2.00 bits per heavy atom. The number of ether oxygens (including phenoxy) is 1. The third-order valence-electron chi connectivity index (χ3n) is 1.75. The van der Waals surface area contributed by atoms with Gasteiger partial charge in [0.2, 0.25) is 0 Å². The lowest BCUT2D eigenvalue weighted by molar-refractivity contribution is 0.129. The van der Waals surface area contributed by atoms with E-state index in [1.807, 2.05) is 4.72 Å². The van der Waals surface area contributed by atoms with Crippen molar-refractivity contribution in [1.82, 2.24) is 9.44 Å². The van der Waals surface area contributed by atoms with Gasteiger partial charge in [-0.2, -0.15) is 13.1 Å². The third kappa shape index (κ3) is 6.59. The smallest absolute Gasteiger partial charge is 0.421 e. The molecule has 0 radical (unpaired) electrons. The second-order valence-electron chi connectivity index (χ2n) is 3.49. The number of nitrogens with one attached hydrogen (secondary N) is 2. The normalized spacial score (nSPS) is 13.6. The fourth-order valence-corrected chi connectivity index (χ4v) is 1.48. The van der Waals surface area contributed by atoms with Gasteiger partial charge in [0, 0.05) is 6.54 Å². The lowest BCUT2D eigenvalue weighted by Gasteiger charge is -2.15. The first-order valence-electron chi connectivity index (χ1n) is 4.90. The highest BCUT2D eigenvalue weighted by atomic mass is 32.2. The fraction of sp³-hybridized carbons (Fsp3) is 0.875. The van der Waals surface area contributed by atoms with Crippen LogP contribution in [0.1, 0.15) is 20.8 Å². The van der Waals surface area contributed by atoms with Crippen molar-refractivity contribution in [3.63, 3.8) is 0 Å². The molecule has 0 spiro atoms. The van der Waals surface area contributed by atoms with Crippen molar-refractivity contribution in [1.29, 1.82) is 0 Å². The minimum atomic E-state index is -3.97. The van der Waals surface area contributed by atoms with Crippen LogP contribution in [0.3, 0.4) is 0 Å². The van der Waals surface area contributed by atoms with Crippen LogP contribution < -0.4 is 9.44 Å². The van der Waals surface area contributed by atoms with Crippen LogP contribution in [-0.4, -0.2) is 38.9 Å². The molecule has 16 heavy (non-hydrogen) atoms. The second kappa shape index (κ2) is 6.66. The monoisotopic (exact) mass is 254 g/mol. The van der Waals surface area contributed by atoms with Crippen LogP contribution >= 0.6 is 0 Å². The van der Waals surface area contributed by atoms with Crippen molar-refractivity contribution in [3.8, 4) is 0 Å². The van der Waals surface area contributed by atoms with Crippen LogP contribution in [0.15, 0.2) is 0 Å². The molecule has 0 rings (SSSR count). The Labute approximate surface area is 95.4 Å². The summed E-state index contributed by atoms with van der Waals surface area (Å²) in [6, 6.07) is 0. The first kappa shape index (κ1) is 15.1. The van der Waals surface area contributed by atoms with E-state index in [-0.39, 0.29) is 19.1 Å². The Hall–Kier alpha value is -0.860. The number of rotatable bonds is 6. The molecule has 96 valence electrons. The van der Waals surface area contributed by atoms with Crippen molar-refractivity contribution in [2.24, 2.45) is 5.92 Å². The molecular weight excluding hydrogens is 236 g/mol. The lowest BCUT2D eigenvalue weighted by Crippen LogP contribution is -2.44. The minimum Gasteiger partial charge on any atom is -0.449 e. The third-order valence-corrected chi connectivity index (χ3v) is 2.73. The number of aliphatic hydroxyl groups excluding tert-OH is 1. The molecule has 0 aromatic heterocycles. The highest BCUT2D eigenvalue weighted by Crippen LogP contribution is 1.99. The summed E-state index contributed by atoms with van der Waals surface area (Å²) in [6.45, 7) is 4.97. The highest BCUT2D eigenvalue weighted by molar-refractivity contribution is 7.88. The predicted molar refractivity (Wildman–Crippen MR) is 57.9 cm³/mol. The van der Waals surface area contributed by atoms with E-state index in [4.69, 9.17) is 0 Å². The Kier molecular flexibility index (Phi) is 6.31. The average Bonchev–Trinajstić information content (AvgIpc) is 2.13. The van der Waals surface area contributed by atoms with Crippen LogP contribution in [0.25, 0.3) is 0 Å². The molecule has 8 heteroatoms. The first-order valence-corrected chi connectivity index (χ1v) is 6.39. The number of hydrogen-bond donors (Lipinski definition) is 3. The van der Waals surface area contributed by atoms with E-state index in [2.05, 4.69) is 4.74 Å². The first-order chi connectivity index (χ1) is 7.28. The zero-order valence-corrected chi connectivity index (χ0v) is 10.4. The van der Waals surface area contributed by atoms with Crippen LogP contribution in [-0.2, 0) is 14.9 Å². The van der Waals surface area contributed by atoms with Crippen molar-refractivity contribution in [2.45, 2.75) is 26.9 Å².